The van der Waals surface area contributed by atoms with Gasteiger partial charge in [0.15, 0.2) is 5.16 Å². The smallest absolute Gasteiger partial charge is 0.167 e. The van der Waals surface area contributed by atoms with Crippen LogP contribution in [0.3, 0.4) is 0 Å². The lowest BCUT2D eigenvalue weighted by Gasteiger charge is -2.08. The molecule has 0 saturated carbocycles. The molecule has 1 rings (SSSR count). The third-order valence-corrected chi connectivity index (χ3v) is 2.69. The van der Waals surface area contributed by atoms with Crippen LogP contribution in [-0.4, -0.2) is 15.3 Å². The van der Waals surface area contributed by atoms with E-state index in [0.717, 1.165) is 17.5 Å². The van der Waals surface area contributed by atoms with Crippen molar-refractivity contribution in [3.05, 3.63) is 12.4 Å². The van der Waals surface area contributed by atoms with Gasteiger partial charge in [0.2, 0.25) is 0 Å². The first-order valence-electron chi connectivity index (χ1n) is 4.75. The molecule has 0 fully saturated rings. The first kappa shape index (κ1) is 11.1. The fourth-order valence-corrected chi connectivity index (χ4v) is 1.97. The Morgan fingerprint density at radius 1 is 1.64 bits per heavy atom. The van der Waals surface area contributed by atoms with Crippen LogP contribution in [0.2, 0.25) is 0 Å². The molecular formula is C10H15N3S. The maximum atomic E-state index is 8.42. The second kappa shape index (κ2) is 5.71. The zero-order valence-corrected chi connectivity index (χ0v) is 9.42. The lowest BCUT2D eigenvalue weighted by molar-refractivity contribution is 0.494. The Bertz CT molecular complexity index is 311. The summed E-state index contributed by atoms with van der Waals surface area (Å²) < 4.78 is 2.15. The highest BCUT2D eigenvalue weighted by atomic mass is 32.2. The number of imidazole rings is 1. The van der Waals surface area contributed by atoms with E-state index >= 15 is 0 Å². The van der Waals surface area contributed by atoms with E-state index in [9.17, 15) is 0 Å². The molecule has 0 aliphatic rings. The Kier molecular flexibility index (Phi) is 4.54. The highest BCUT2D eigenvalue weighted by molar-refractivity contribution is 7.99. The molecule has 76 valence electrons. The minimum Gasteiger partial charge on any atom is -0.326 e. The number of hydrogen-bond donors (Lipinski definition) is 0. The molecule has 0 aliphatic heterocycles. The van der Waals surface area contributed by atoms with Gasteiger partial charge in [-0.2, -0.15) is 5.26 Å². The molecule has 0 atom stereocenters. The van der Waals surface area contributed by atoms with Gasteiger partial charge in [0.05, 0.1) is 6.07 Å². The highest BCUT2D eigenvalue weighted by Crippen LogP contribution is 2.17. The van der Waals surface area contributed by atoms with Crippen molar-refractivity contribution in [2.45, 2.75) is 32.0 Å². The number of nitriles is 1. The summed E-state index contributed by atoms with van der Waals surface area (Å²) >= 11 is 1.65. The Morgan fingerprint density at radius 3 is 3.07 bits per heavy atom. The van der Waals surface area contributed by atoms with Gasteiger partial charge in [-0.1, -0.05) is 25.6 Å². The summed E-state index contributed by atoms with van der Waals surface area (Å²) in [5.41, 5.74) is 0. The van der Waals surface area contributed by atoms with Gasteiger partial charge in [-0.05, 0) is 5.92 Å². The van der Waals surface area contributed by atoms with Crippen LogP contribution in [0.25, 0.3) is 0 Å². The van der Waals surface area contributed by atoms with Gasteiger partial charge >= 0.3 is 0 Å². The Hall–Kier alpha value is -0.950. The lowest BCUT2D eigenvalue weighted by Crippen LogP contribution is -2.04. The molecule has 0 amide bonds. The van der Waals surface area contributed by atoms with E-state index in [1.807, 2.05) is 12.4 Å². The molecule has 0 unspecified atom stereocenters. The van der Waals surface area contributed by atoms with Gasteiger partial charge in [0, 0.05) is 31.1 Å². The SMILES string of the molecule is CC(C)Cn1ccnc1SCCC#N. The Labute approximate surface area is 89.1 Å². The van der Waals surface area contributed by atoms with Crippen LogP contribution in [0, 0.1) is 17.2 Å². The summed E-state index contributed by atoms with van der Waals surface area (Å²) in [5.74, 6) is 1.45. The fourth-order valence-electron chi connectivity index (χ4n) is 1.16. The van der Waals surface area contributed by atoms with Crippen LogP contribution in [0.5, 0.6) is 0 Å². The van der Waals surface area contributed by atoms with E-state index in [0.29, 0.717) is 12.3 Å². The molecule has 1 aromatic heterocycles. The molecule has 1 heterocycles. The summed E-state index contributed by atoms with van der Waals surface area (Å²) in [4.78, 5) is 4.26. The van der Waals surface area contributed by atoms with E-state index in [4.69, 9.17) is 5.26 Å². The number of aromatic nitrogens is 2. The summed E-state index contributed by atoms with van der Waals surface area (Å²) in [7, 11) is 0. The number of hydrogen-bond acceptors (Lipinski definition) is 3. The highest BCUT2D eigenvalue weighted by Gasteiger charge is 2.04. The van der Waals surface area contributed by atoms with Gasteiger partial charge in [-0.15, -0.1) is 0 Å². The summed E-state index contributed by atoms with van der Waals surface area (Å²) in [6.07, 6.45) is 4.39. The predicted molar refractivity (Wildman–Crippen MR) is 58.0 cm³/mol. The summed E-state index contributed by atoms with van der Waals surface area (Å²) in [6.45, 7) is 5.36. The number of nitrogens with zero attached hydrogens (tertiary/aromatic N) is 3. The second-order valence-corrected chi connectivity index (χ2v) is 4.57. The molecule has 3 nitrogen and oxygen atoms in total. The van der Waals surface area contributed by atoms with Crippen molar-refractivity contribution >= 4 is 11.8 Å². The zero-order valence-electron chi connectivity index (χ0n) is 8.60. The molecule has 4 heteroatoms. The van der Waals surface area contributed by atoms with E-state index in [-0.39, 0.29) is 0 Å². The maximum Gasteiger partial charge on any atom is 0.167 e. The van der Waals surface area contributed by atoms with Crippen molar-refractivity contribution in [2.75, 3.05) is 5.75 Å². The van der Waals surface area contributed by atoms with Crippen LogP contribution < -0.4 is 0 Å². The van der Waals surface area contributed by atoms with E-state index in [1.54, 1.807) is 11.8 Å². The third-order valence-electron chi connectivity index (χ3n) is 1.68. The molecule has 0 aromatic carbocycles. The molecule has 0 radical (unpaired) electrons. The van der Waals surface area contributed by atoms with Gasteiger partial charge in [-0.25, -0.2) is 4.98 Å². The number of rotatable bonds is 5. The van der Waals surface area contributed by atoms with Crippen molar-refractivity contribution in [2.24, 2.45) is 5.92 Å². The normalized spacial score (nSPS) is 10.4. The monoisotopic (exact) mass is 209 g/mol. The van der Waals surface area contributed by atoms with Crippen molar-refractivity contribution in [1.82, 2.24) is 9.55 Å². The van der Waals surface area contributed by atoms with Crippen LogP contribution >= 0.6 is 11.8 Å². The van der Waals surface area contributed by atoms with Crippen molar-refractivity contribution in [1.29, 1.82) is 5.26 Å². The lowest BCUT2D eigenvalue weighted by atomic mass is 10.2. The molecule has 14 heavy (non-hydrogen) atoms. The topological polar surface area (TPSA) is 41.6 Å². The quantitative estimate of drug-likeness (QED) is 0.553. The Morgan fingerprint density at radius 2 is 2.43 bits per heavy atom. The van der Waals surface area contributed by atoms with Crippen LogP contribution in [0.1, 0.15) is 20.3 Å². The van der Waals surface area contributed by atoms with E-state index in [2.05, 4.69) is 29.5 Å². The first-order valence-corrected chi connectivity index (χ1v) is 5.73. The van der Waals surface area contributed by atoms with Crippen LogP contribution in [-0.2, 0) is 6.54 Å². The van der Waals surface area contributed by atoms with Gasteiger partial charge in [0.1, 0.15) is 0 Å². The van der Waals surface area contributed by atoms with Gasteiger partial charge in [0.25, 0.3) is 0 Å². The largest absolute Gasteiger partial charge is 0.326 e. The molecule has 0 saturated heterocycles. The minimum absolute atomic E-state index is 0.583. The number of thioether (sulfide) groups is 1. The zero-order chi connectivity index (χ0) is 10.4. The van der Waals surface area contributed by atoms with Crippen molar-refractivity contribution < 1.29 is 0 Å². The average molecular weight is 209 g/mol. The van der Waals surface area contributed by atoms with E-state index < -0.39 is 0 Å². The average Bonchev–Trinajstić information content (AvgIpc) is 2.52. The molecule has 0 bridgehead atoms. The van der Waals surface area contributed by atoms with Crippen LogP contribution in [0.15, 0.2) is 17.6 Å². The minimum atomic E-state index is 0.583. The molecule has 1 aromatic rings. The maximum absolute atomic E-state index is 8.42. The molecule has 0 N–H and O–H groups in total. The van der Waals surface area contributed by atoms with E-state index in [1.165, 1.54) is 0 Å². The third kappa shape index (κ3) is 3.43. The standard InChI is InChI=1S/C10H15N3S/c1-9(2)8-13-6-5-12-10(13)14-7-3-4-11/h5-6,9H,3,7-8H2,1-2H3. The second-order valence-electron chi connectivity index (χ2n) is 3.51. The summed E-state index contributed by atoms with van der Waals surface area (Å²) in [5, 5.41) is 9.44. The first-order chi connectivity index (χ1) is 6.74. The predicted octanol–water partition coefficient (Wildman–Crippen LogP) is 2.54. The molecule has 0 aliphatic carbocycles. The van der Waals surface area contributed by atoms with Gasteiger partial charge < -0.3 is 4.57 Å². The molecule has 0 spiro atoms. The Balaban J connectivity index is 2.50. The fraction of sp³-hybridized carbons (Fsp3) is 0.600. The van der Waals surface area contributed by atoms with Crippen molar-refractivity contribution in [3.63, 3.8) is 0 Å². The van der Waals surface area contributed by atoms with Crippen LogP contribution in [0.4, 0.5) is 0 Å². The summed E-state index contributed by atoms with van der Waals surface area (Å²) in [6, 6.07) is 2.13. The molecular weight excluding hydrogens is 194 g/mol. The van der Waals surface area contributed by atoms with Gasteiger partial charge in [-0.3, -0.25) is 0 Å². The van der Waals surface area contributed by atoms with Crippen molar-refractivity contribution in [3.8, 4) is 6.07 Å².